The quantitative estimate of drug-likeness (QED) is 0.692. The minimum Gasteiger partial charge on any atom is -0.335 e. The number of rotatable bonds is 6. The second kappa shape index (κ2) is 10.1. The molecular weight excluding hydrogens is 364 g/mol. The molecule has 1 fully saturated rings. The Hall–Kier alpha value is -2.86. The van der Waals surface area contributed by atoms with Crippen LogP contribution in [0.25, 0.3) is 0 Å². The van der Waals surface area contributed by atoms with Gasteiger partial charge in [-0.05, 0) is 42.7 Å². The van der Waals surface area contributed by atoms with Gasteiger partial charge in [-0.2, -0.15) is 0 Å². The number of hydrogen-bond donors (Lipinski definition) is 3. The summed E-state index contributed by atoms with van der Waals surface area (Å²) in [6.45, 7) is 6.61. The summed E-state index contributed by atoms with van der Waals surface area (Å²) < 4.78 is 0. The Bertz CT molecular complexity index is 797. The van der Waals surface area contributed by atoms with Crippen molar-refractivity contribution in [2.24, 2.45) is 5.92 Å². The predicted molar refractivity (Wildman–Crippen MR) is 117 cm³/mol. The standard InChI is InChI=1S/C23H30N4O2/c1-17(2)22(28)24-19-8-10-20(11-9-19)25-23(29)26-21-12-14-27(15-13-21)16-18-6-4-3-5-7-18/h3-11,17,21H,12-16H2,1-2H3,(H,24,28)(H2,25,26,29). The summed E-state index contributed by atoms with van der Waals surface area (Å²) in [5.74, 6) is -0.0975. The Balaban J connectivity index is 1.40. The second-order valence-electron chi connectivity index (χ2n) is 7.86. The number of carbonyl (C=O) groups excluding carboxylic acids is 2. The summed E-state index contributed by atoms with van der Waals surface area (Å²) in [5, 5.41) is 8.77. The number of anilines is 2. The normalized spacial score (nSPS) is 15.1. The third-order valence-corrected chi connectivity index (χ3v) is 5.11. The number of nitrogens with zero attached hydrogens (tertiary/aromatic N) is 1. The Morgan fingerprint density at radius 2 is 1.52 bits per heavy atom. The third-order valence-electron chi connectivity index (χ3n) is 5.11. The first kappa shape index (κ1) is 20.9. The van der Waals surface area contributed by atoms with Crippen LogP contribution in [-0.2, 0) is 11.3 Å². The van der Waals surface area contributed by atoms with E-state index in [2.05, 4.69) is 45.1 Å². The molecule has 0 atom stereocenters. The van der Waals surface area contributed by atoms with E-state index in [1.54, 1.807) is 24.3 Å². The molecule has 0 spiro atoms. The fraction of sp³-hybridized carbons (Fsp3) is 0.391. The highest BCUT2D eigenvalue weighted by molar-refractivity contribution is 5.93. The van der Waals surface area contributed by atoms with E-state index in [0.717, 1.165) is 38.2 Å². The first-order valence-electron chi connectivity index (χ1n) is 10.2. The summed E-state index contributed by atoms with van der Waals surface area (Å²) in [5.41, 5.74) is 2.75. The van der Waals surface area contributed by atoms with Gasteiger partial charge < -0.3 is 16.0 Å². The maximum atomic E-state index is 12.3. The van der Waals surface area contributed by atoms with Crippen molar-refractivity contribution in [3.8, 4) is 0 Å². The fourth-order valence-electron chi connectivity index (χ4n) is 3.35. The highest BCUT2D eigenvalue weighted by Gasteiger charge is 2.20. The van der Waals surface area contributed by atoms with E-state index in [4.69, 9.17) is 0 Å². The molecule has 0 aliphatic carbocycles. The van der Waals surface area contributed by atoms with Gasteiger partial charge in [0.05, 0.1) is 0 Å². The van der Waals surface area contributed by atoms with Crippen LogP contribution >= 0.6 is 0 Å². The van der Waals surface area contributed by atoms with Crippen LogP contribution in [0.3, 0.4) is 0 Å². The molecule has 154 valence electrons. The molecule has 0 aromatic heterocycles. The summed E-state index contributed by atoms with van der Waals surface area (Å²) in [6, 6.07) is 17.6. The summed E-state index contributed by atoms with van der Waals surface area (Å²) in [4.78, 5) is 26.5. The monoisotopic (exact) mass is 394 g/mol. The van der Waals surface area contributed by atoms with Crippen LogP contribution in [0, 0.1) is 5.92 Å². The van der Waals surface area contributed by atoms with Crippen molar-refractivity contribution >= 4 is 23.3 Å². The largest absolute Gasteiger partial charge is 0.335 e. The number of amides is 3. The molecule has 0 radical (unpaired) electrons. The Kier molecular flexibility index (Phi) is 7.25. The van der Waals surface area contributed by atoms with E-state index in [1.807, 2.05) is 19.9 Å². The van der Waals surface area contributed by atoms with Crippen molar-refractivity contribution in [3.63, 3.8) is 0 Å². The maximum Gasteiger partial charge on any atom is 0.319 e. The Morgan fingerprint density at radius 3 is 2.10 bits per heavy atom. The van der Waals surface area contributed by atoms with E-state index >= 15 is 0 Å². The first-order valence-corrected chi connectivity index (χ1v) is 10.2. The van der Waals surface area contributed by atoms with E-state index in [9.17, 15) is 9.59 Å². The average molecular weight is 395 g/mol. The number of urea groups is 1. The molecule has 3 rings (SSSR count). The van der Waals surface area contributed by atoms with Gasteiger partial charge in [-0.15, -0.1) is 0 Å². The maximum absolute atomic E-state index is 12.3. The molecule has 1 aliphatic rings. The number of carbonyl (C=O) groups is 2. The molecule has 2 aromatic carbocycles. The van der Waals surface area contributed by atoms with Crippen LogP contribution < -0.4 is 16.0 Å². The van der Waals surface area contributed by atoms with Gasteiger partial charge in [-0.25, -0.2) is 4.79 Å². The lowest BCUT2D eigenvalue weighted by Crippen LogP contribution is -2.45. The number of likely N-dealkylation sites (tertiary alicyclic amines) is 1. The lowest BCUT2D eigenvalue weighted by Gasteiger charge is -2.32. The van der Waals surface area contributed by atoms with E-state index < -0.39 is 0 Å². The van der Waals surface area contributed by atoms with Gasteiger partial charge in [0.1, 0.15) is 0 Å². The fourth-order valence-corrected chi connectivity index (χ4v) is 3.35. The SMILES string of the molecule is CC(C)C(=O)Nc1ccc(NC(=O)NC2CCN(Cc3ccccc3)CC2)cc1. The van der Waals surface area contributed by atoms with Gasteiger partial charge in [-0.3, -0.25) is 9.69 Å². The van der Waals surface area contributed by atoms with Gasteiger partial charge >= 0.3 is 6.03 Å². The molecule has 1 heterocycles. The Morgan fingerprint density at radius 1 is 0.931 bits per heavy atom. The molecule has 0 saturated carbocycles. The predicted octanol–water partition coefficient (Wildman–Crippen LogP) is 4.07. The van der Waals surface area contributed by atoms with Crippen LogP contribution in [0.15, 0.2) is 54.6 Å². The molecule has 6 nitrogen and oxygen atoms in total. The molecular formula is C23H30N4O2. The molecule has 29 heavy (non-hydrogen) atoms. The minimum absolute atomic E-state index is 0.0259. The zero-order chi connectivity index (χ0) is 20.6. The van der Waals surface area contributed by atoms with Crippen molar-refractivity contribution < 1.29 is 9.59 Å². The average Bonchev–Trinajstić information content (AvgIpc) is 2.71. The van der Waals surface area contributed by atoms with Crippen molar-refractivity contribution in [2.75, 3.05) is 23.7 Å². The Labute approximate surface area is 172 Å². The zero-order valence-electron chi connectivity index (χ0n) is 17.2. The van der Waals surface area contributed by atoms with Crippen LogP contribution in [0.4, 0.5) is 16.2 Å². The number of benzene rings is 2. The van der Waals surface area contributed by atoms with Crippen LogP contribution in [-0.4, -0.2) is 36.0 Å². The zero-order valence-corrected chi connectivity index (χ0v) is 17.2. The van der Waals surface area contributed by atoms with E-state index in [0.29, 0.717) is 5.69 Å². The van der Waals surface area contributed by atoms with Gasteiger partial charge in [-0.1, -0.05) is 44.2 Å². The number of piperidine rings is 1. The van der Waals surface area contributed by atoms with Gasteiger partial charge in [0.15, 0.2) is 0 Å². The van der Waals surface area contributed by atoms with E-state index in [-0.39, 0.29) is 23.9 Å². The topological polar surface area (TPSA) is 73.5 Å². The lowest BCUT2D eigenvalue weighted by atomic mass is 10.0. The van der Waals surface area contributed by atoms with Gasteiger partial charge in [0, 0.05) is 43.0 Å². The number of hydrogen-bond acceptors (Lipinski definition) is 3. The third kappa shape index (κ3) is 6.61. The molecule has 2 aromatic rings. The lowest BCUT2D eigenvalue weighted by molar-refractivity contribution is -0.118. The van der Waals surface area contributed by atoms with Crippen molar-refractivity contribution in [1.82, 2.24) is 10.2 Å². The van der Waals surface area contributed by atoms with Crippen LogP contribution in [0.2, 0.25) is 0 Å². The van der Waals surface area contributed by atoms with Crippen molar-refractivity contribution in [3.05, 3.63) is 60.2 Å². The first-order chi connectivity index (χ1) is 14.0. The second-order valence-corrected chi connectivity index (χ2v) is 7.86. The van der Waals surface area contributed by atoms with Crippen molar-refractivity contribution in [1.29, 1.82) is 0 Å². The van der Waals surface area contributed by atoms with Crippen LogP contribution in [0.5, 0.6) is 0 Å². The van der Waals surface area contributed by atoms with Crippen LogP contribution in [0.1, 0.15) is 32.3 Å². The van der Waals surface area contributed by atoms with Crippen molar-refractivity contribution in [2.45, 2.75) is 39.3 Å². The van der Waals surface area contributed by atoms with E-state index in [1.165, 1.54) is 5.56 Å². The molecule has 6 heteroatoms. The molecule has 3 amide bonds. The highest BCUT2D eigenvalue weighted by atomic mass is 16.2. The molecule has 1 saturated heterocycles. The smallest absolute Gasteiger partial charge is 0.319 e. The summed E-state index contributed by atoms with van der Waals surface area (Å²) >= 11 is 0. The number of nitrogens with one attached hydrogen (secondary N) is 3. The summed E-state index contributed by atoms with van der Waals surface area (Å²) in [7, 11) is 0. The molecule has 0 bridgehead atoms. The highest BCUT2D eigenvalue weighted by Crippen LogP contribution is 2.16. The molecule has 3 N–H and O–H groups in total. The molecule has 0 unspecified atom stereocenters. The minimum atomic E-state index is -0.189. The van der Waals surface area contributed by atoms with Gasteiger partial charge in [0.2, 0.25) is 5.91 Å². The van der Waals surface area contributed by atoms with Gasteiger partial charge in [0.25, 0.3) is 0 Å². The molecule has 1 aliphatic heterocycles. The summed E-state index contributed by atoms with van der Waals surface area (Å²) in [6.07, 6.45) is 1.89.